The van der Waals surface area contributed by atoms with Gasteiger partial charge in [-0.1, -0.05) is 35.9 Å². The van der Waals surface area contributed by atoms with Gasteiger partial charge in [-0.15, -0.1) is 0 Å². The number of methoxy groups -OCH3 is 1. The van der Waals surface area contributed by atoms with Crippen LogP contribution < -0.4 is 20.3 Å². The summed E-state index contributed by atoms with van der Waals surface area (Å²) in [5.74, 6) is 0.126. The second kappa shape index (κ2) is 9.72. The van der Waals surface area contributed by atoms with E-state index in [0.29, 0.717) is 33.3 Å². The average molecular weight is 519 g/mol. The fourth-order valence-electron chi connectivity index (χ4n) is 5.26. The van der Waals surface area contributed by atoms with Crippen molar-refractivity contribution < 1.29 is 14.3 Å². The number of piperazine rings is 1. The average Bonchev–Trinajstić information content (AvgIpc) is 2.90. The highest BCUT2D eigenvalue weighted by atomic mass is 35.5. The van der Waals surface area contributed by atoms with E-state index in [-0.39, 0.29) is 18.2 Å². The molecule has 0 aliphatic carbocycles. The molecule has 0 saturated carbocycles. The van der Waals surface area contributed by atoms with E-state index in [4.69, 9.17) is 22.1 Å². The Morgan fingerprint density at radius 1 is 0.973 bits per heavy atom. The Kier molecular flexibility index (Phi) is 6.60. The SMILES string of the molecule is COc1ccc(C2(C)C(=O)c3c(N4CCN(C)CC4)cc(Cl)cc3N(Cc3cccc(N)c3)C2=O)cc1. The van der Waals surface area contributed by atoms with Gasteiger partial charge in [-0.05, 0) is 61.5 Å². The molecule has 1 saturated heterocycles. The first-order chi connectivity index (χ1) is 17.7. The molecular weight excluding hydrogens is 488 g/mol. The van der Waals surface area contributed by atoms with Gasteiger partial charge in [0.2, 0.25) is 5.91 Å². The number of likely N-dealkylation sites (N-methyl/N-ethyl adjacent to an activating group) is 1. The molecule has 2 aliphatic heterocycles. The number of carbonyl (C=O) groups excluding carboxylic acids is 2. The van der Waals surface area contributed by atoms with Crippen molar-refractivity contribution in [2.45, 2.75) is 18.9 Å². The molecule has 192 valence electrons. The molecule has 0 spiro atoms. The van der Waals surface area contributed by atoms with E-state index in [9.17, 15) is 9.59 Å². The van der Waals surface area contributed by atoms with E-state index in [1.165, 1.54) is 0 Å². The lowest BCUT2D eigenvalue weighted by Gasteiger charge is -2.43. The number of nitrogen functional groups attached to an aromatic ring is 1. The topological polar surface area (TPSA) is 79.1 Å². The molecule has 1 unspecified atom stereocenters. The van der Waals surface area contributed by atoms with Crippen LogP contribution in [0.3, 0.4) is 0 Å². The third-order valence-electron chi connectivity index (χ3n) is 7.51. The third kappa shape index (κ3) is 4.43. The number of anilines is 3. The Morgan fingerprint density at radius 3 is 2.30 bits per heavy atom. The van der Waals surface area contributed by atoms with E-state index in [0.717, 1.165) is 37.4 Å². The number of carbonyl (C=O) groups is 2. The minimum Gasteiger partial charge on any atom is -0.497 e. The summed E-state index contributed by atoms with van der Waals surface area (Å²) in [4.78, 5) is 34.8. The van der Waals surface area contributed by atoms with Crippen LogP contribution in [-0.4, -0.2) is 56.9 Å². The van der Waals surface area contributed by atoms with E-state index in [1.54, 1.807) is 49.3 Å². The maximum Gasteiger partial charge on any atom is 0.245 e. The fraction of sp³-hybridized carbons (Fsp3) is 0.310. The molecule has 7 nitrogen and oxygen atoms in total. The number of ketones is 1. The van der Waals surface area contributed by atoms with Crippen molar-refractivity contribution in [3.05, 3.63) is 82.4 Å². The van der Waals surface area contributed by atoms with Gasteiger partial charge in [0.15, 0.2) is 5.78 Å². The number of ether oxygens (including phenoxy) is 1. The van der Waals surface area contributed by atoms with Crippen LogP contribution in [0.15, 0.2) is 60.7 Å². The Hall–Kier alpha value is -3.55. The molecule has 37 heavy (non-hydrogen) atoms. The van der Waals surface area contributed by atoms with Gasteiger partial charge < -0.3 is 25.2 Å². The van der Waals surface area contributed by atoms with E-state index in [2.05, 4.69) is 16.8 Å². The van der Waals surface area contributed by atoms with Gasteiger partial charge in [0.1, 0.15) is 11.2 Å². The van der Waals surface area contributed by atoms with Crippen molar-refractivity contribution in [2.75, 3.05) is 55.9 Å². The molecule has 5 rings (SSSR count). The highest BCUT2D eigenvalue weighted by Crippen LogP contribution is 2.46. The van der Waals surface area contributed by atoms with Crippen molar-refractivity contribution in [1.82, 2.24) is 4.90 Å². The second-order valence-corrected chi connectivity index (χ2v) is 10.4. The predicted molar refractivity (Wildman–Crippen MR) is 148 cm³/mol. The molecule has 2 heterocycles. The first-order valence-electron chi connectivity index (χ1n) is 12.3. The van der Waals surface area contributed by atoms with Gasteiger partial charge in [0.05, 0.1) is 30.6 Å². The quantitative estimate of drug-likeness (QED) is 0.399. The van der Waals surface area contributed by atoms with Crippen LogP contribution in [0.5, 0.6) is 5.75 Å². The zero-order valence-corrected chi connectivity index (χ0v) is 22.1. The summed E-state index contributed by atoms with van der Waals surface area (Å²) < 4.78 is 5.31. The highest BCUT2D eigenvalue weighted by molar-refractivity contribution is 6.34. The summed E-state index contributed by atoms with van der Waals surface area (Å²) in [5.41, 5.74) is 8.54. The van der Waals surface area contributed by atoms with Crippen molar-refractivity contribution >= 4 is 40.4 Å². The van der Waals surface area contributed by atoms with Crippen LogP contribution in [0.2, 0.25) is 5.02 Å². The molecule has 3 aromatic rings. The van der Waals surface area contributed by atoms with Gasteiger partial charge in [-0.25, -0.2) is 0 Å². The van der Waals surface area contributed by atoms with E-state index >= 15 is 0 Å². The number of amides is 1. The molecule has 3 aromatic carbocycles. The zero-order valence-electron chi connectivity index (χ0n) is 21.3. The van der Waals surface area contributed by atoms with Gasteiger partial charge in [0, 0.05) is 36.9 Å². The second-order valence-electron chi connectivity index (χ2n) is 9.93. The fourth-order valence-corrected chi connectivity index (χ4v) is 5.46. The largest absolute Gasteiger partial charge is 0.497 e. The van der Waals surface area contributed by atoms with Crippen molar-refractivity contribution in [3.8, 4) is 5.75 Å². The third-order valence-corrected chi connectivity index (χ3v) is 7.73. The maximum absolute atomic E-state index is 14.4. The Morgan fingerprint density at radius 2 is 1.65 bits per heavy atom. The molecule has 0 radical (unpaired) electrons. The standard InChI is InChI=1S/C29H31ClN4O3/c1-29(20-7-9-23(37-3)10-8-20)27(35)26-24(33-13-11-32(2)12-14-33)16-21(30)17-25(26)34(28(29)36)18-19-5-4-6-22(31)15-19/h4-10,15-17H,11-14,18,31H2,1-3H3. The first-order valence-corrected chi connectivity index (χ1v) is 12.7. The lowest BCUT2D eigenvalue weighted by Crippen LogP contribution is -2.55. The zero-order chi connectivity index (χ0) is 26.3. The van der Waals surface area contributed by atoms with Crippen LogP contribution in [0.4, 0.5) is 17.1 Å². The first kappa shape index (κ1) is 25.1. The number of hydrogen-bond donors (Lipinski definition) is 1. The highest BCUT2D eigenvalue weighted by Gasteiger charge is 2.52. The number of halogens is 1. The number of fused-ring (bicyclic) bond motifs is 1. The lowest BCUT2D eigenvalue weighted by molar-refractivity contribution is -0.122. The van der Waals surface area contributed by atoms with Crippen LogP contribution in [0.1, 0.15) is 28.4 Å². The molecule has 1 amide bonds. The summed E-state index contributed by atoms with van der Waals surface area (Å²) in [6.45, 7) is 5.25. The number of Topliss-reactive ketones (excluding diaryl/α,β-unsaturated/α-hetero) is 1. The normalized spacial score (nSPS) is 20.2. The summed E-state index contributed by atoms with van der Waals surface area (Å²) in [6.07, 6.45) is 0. The smallest absolute Gasteiger partial charge is 0.245 e. The molecular formula is C29H31ClN4O3. The van der Waals surface area contributed by atoms with Gasteiger partial charge >= 0.3 is 0 Å². The minimum atomic E-state index is -1.42. The molecule has 1 fully saturated rings. The van der Waals surface area contributed by atoms with Crippen LogP contribution in [-0.2, 0) is 16.8 Å². The Labute approximate surface area is 222 Å². The molecule has 0 bridgehead atoms. The Bertz CT molecular complexity index is 1350. The van der Waals surface area contributed by atoms with Crippen molar-refractivity contribution in [3.63, 3.8) is 0 Å². The van der Waals surface area contributed by atoms with Gasteiger partial charge in [0.25, 0.3) is 0 Å². The lowest BCUT2D eigenvalue weighted by atomic mass is 9.71. The number of benzene rings is 3. The molecule has 8 heteroatoms. The maximum atomic E-state index is 14.4. The number of rotatable bonds is 5. The van der Waals surface area contributed by atoms with Crippen LogP contribution in [0.25, 0.3) is 0 Å². The summed E-state index contributed by atoms with van der Waals surface area (Å²) in [7, 11) is 3.67. The van der Waals surface area contributed by atoms with E-state index in [1.807, 2.05) is 30.3 Å². The van der Waals surface area contributed by atoms with Crippen LogP contribution >= 0.6 is 11.6 Å². The van der Waals surface area contributed by atoms with Crippen molar-refractivity contribution in [2.24, 2.45) is 0 Å². The predicted octanol–water partition coefficient (Wildman–Crippen LogP) is 4.37. The molecule has 2 aliphatic rings. The number of nitrogens with two attached hydrogens (primary N) is 1. The minimum absolute atomic E-state index is 0.230. The molecule has 1 atom stereocenters. The number of hydrogen-bond acceptors (Lipinski definition) is 6. The number of nitrogens with zero attached hydrogens (tertiary/aromatic N) is 3. The van der Waals surface area contributed by atoms with E-state index < -0.39 is 5.41 Å². The molecule has 0 aromatic heterocycles. The van der Waals surface area contributed by atoms with Gasteiger partial charge in [-0.3, -0.25) is 9.59 Å². The monoisotopic (exact) mass is 518 g/mol. The van der Waals surface area contributed by atoms with Gasteiger partial charge in [-0.2, -0.15) is 0 Å². The Balaban J connectivity index is 1.70. The van der Waals surface area contributed by atoms with Crippen LogP contribution in [0, 0.1) is 0 Å². The summed E-state index contributed by atoms with van der Waals surface area (Å²) in [6, 6.07) is 18.2. The summed E-state index contributed by atoms with van der Waals surface area (Å²) in [5, 5.41) is 0.485. The molecule has 2 N–H and O–H groups in total. The summed E-state index contributed by atoms with van der Waals surface area (Å²) >= 11 is 6.62. The van der Waals surface area contributed by atoms with Crippen molar-refractivity contribution in [1.29, 1.82) is 0 Å².